The second-order valence-electron chi connectivity index (χ2n) is 9.41. The third-order valence-corrected chi connectivity index (χ3v) is 6.96. The van der Waals surface area contributed by atoms with Gasteiger partial charge >= 0.3 is 5.97 Å². The van der Waals surface area contributed by atoms with Crippen LogP contribution in [0, 0.1) is 17.8 Å². The second kappa shape index (κ2) is 8.40. The minimum Gasteiger partial charge on any atom is -0.482 e. The highest BCUT2D eigenvalue weighted by molar-refractivity contribution is 5.95. The molecule has 1 aromatic carbocycles. The molecule has 5 rings (SSSR count). The summed E-state index contributed by atoms with van der Waals surface area (Å²) in [5, 5.41) is 3.24. The van der Waals surface area contributed by atoms with Crippen molar-refractivity contribution in [3.63, 3.8) is 0 Å². The molecule has 0 spiro atoms. The van der Waals surface area contributed by atoms with E-state index >= 15 is 0 Å². The zero-order chi connectivity index (χ0) is 21.3. The summed E-state index contributed by atoms with van der Waals surface area (Å²) in [7, 11) is 0. The van der Waals surface area contributed by atoms with Crippen LogP contribution < -0.4 is 10.1 Å². The van der Waals surface area contributed by atoms with Gasteiger partial charge in [-0.25, -0.2) is 4.79 Å². The first-order valence-corrected chi connectivity index (χ1v) is 11.1. The molecule has 1 aromatic rings. The molecule has 1 atom stereocenters. The molecule has 0 aliphatic heterocycles. The summed E-state index contributed by atoms with van der Waals surface area (Å²) >= 11 is 0. The van der Waals surface area contributed by atoms with Gasteiger partial charge in [0.2, 0.25) is 0 Å². The van der Waals surface area contributed by atoms with Gasteiger partial charge in [-0.3, -0.25) is 9.59 Å². The molecule has 4 fully saturated rings. The van der Waals surface area contributed by atoms with Gasteiger partial charge in [-0.2, -0.15) is 0 Å². The van der Waals surface area contributed by atoms with E-state index in [1.54, 1.807) is 31.2 Å². The Morgan fingerprint density at radius 1 is 1.03 bits per heavy atom. The quantitative estimate of drug-likeness (QED) is 0.519. The molecular formula is C24H31NO5. The lowest BCUT2D eigenvalue weighted by Gasteiger charge is -2.57. The number of esters is 1. The van der Waals surface area contributed by atoms with Crippen molar-refractivity contribution in [3.8, 4) is 5.75 Å². The predicted molar refractivity (Wildman–Crippen MR) is 111 cm³/mol. The zero-order valence-electron chi connectivity index (χ0n) is 17.8. The SMILES string of the molecule is CCC(=O)c1ccc(OCC(=O)O[C@H](C)C(=O)NC23CC4CC(CC(C4)C2)C3)cc1. The third-order valence-electron chi connectivity index (χ3n) is 6.96. The number of carbonyl (C=O) groups excluding carboxylic acids is 3. The van der Waals surface area contributed by atoms with Crippen molar-refractivity contribution in [2.75, 3.05) is 6.61 Å². The molecule has 4 bridgehead atoms. The Morgan fingerprint density at radius 3 is 2.13 bits per heavy atom. The Balaban J connectivity index is 1.24. The predicted octanol–water partition coefficient (Wildman–Crippen LogP) is 3.67. The van der Waals surface area contributed by atoms with Crippen molar-refractivity contribution in [1.82, 2.24) is 5.32 Å². The molecule has 1 amide bonds. The van der Waals surface area contributed by atoms with Crippen LogP contribution in [0.1, 0.15) is 69.2 Å². The van der Waals surface area contributed by atoms with Crippen molar-refractivity contribution in [3.05, 3.63) is 29.8 Å². The fourth-order valence-electron chi connectivity index (χ4n) is 5.99. The van der Waals surface area contributed by atoms with Gasteiger partial charge in [0.15, 0.2) is 18.5 Å². The van der Waals surface area contributed by atoms with Crippen LogP contribution in [0.3, 0.4) is 0 Å². The Labute approximate surface area is 177 Å². The molecule has 0 unspecified atom stereocenters. The highest BCUT2D eigenvalue weighted by Gasteiger charge is 2.51. The van der Waals surface area contributed by atoms with Crippen LogP contribution in [0.5, 0.6) is 5.75 Å². The molecule has 6 heteroatoms. The van der Waals surface area contributed by atoms with E-state index in [4.69, 9.17) is 9.47 Å². The first-order chi connectivity index (χ1) is 14.4. The Hall–Kier alpha value is -2.37. The normalized spacial score (nSPS) is 29.9. The lowest BCUT2D eigenvalue weighted by atomic mass is 9.53. The Kier molecular flexibility index (Phi) is 5.85. The van der Waals surface area contributed by atoms with Crippen molar-refractivity contribution in [2.45, 2.75) is 70.4 Å². The number of carbonyl (C=O) groups is 3. The number of ketones is 1. The summed E-state index contributed by atoms with van der Waals surface area (Å²) < 4.78 is 10.7. The van der Waals surface area contributed by atoms with Crippen LogP contribution >= 0.6 is 0 Å². The molecule has 0 radical (unpaired) electrons. The molecule has 1 N–H and O–H groups in total. The van der Waals surface area contributed by atoms with Crippen LogP contribution in [-0.2, 0) is 14.3 Å². The number of hydrogen-bond acceptors (Lipinski definition) is 5. The topological polar surface area (TPSA) is 81.7 Å². The molecule has 0 aromatic heterocycles. The molecule has 4 saturated carbocycles. The number of benzene rings is 1. The van der Waals surface area contributed by atoms with Crippen LogP contribution in [0.2, 0.25) is 0 Å². The van der Waals surface area contributed by atoms with Gasteiger partial charge in [0.05, 0.1) is 0 Å². The molecule has 0 heterocycles. The van der Waals surface area contributed by atoms with Gasteiger partial charge in [0.25, 0.3) is 5.91 Å². The van der Waals surface area contributed by atoms with E-state index in [0.29, 0.717) is 17.7 Å². The number of rotatable bonds is 8. The number of nitrogens with one attached hydrogen (secondary N) is 1. The lowest BCUT2D eigenvalue weighted by Crippen LogP contribution is -2.61. The van der Waals surface area contributed by atoms with Crippen LogP contribution in [0.25, 0.3) is 0 Å². The van der Waals surface area contributed by atoms with E-state index in [2.05, 4.69) is 5.32 Å². The molecular weight excluding hydrogens is 382 g/mol. The largest absolute Gasteiger partial charge is 0.482 e. The van der Waals surface area contributed by atoms with Crippen molar-refractivity contribution >= 4 is 17.7 Å². The summed E-state index contributed by atoms with van der Waals surface area (Å²) in [5.74, 6) is 1.94. The summed E-state index contributed by atoms with van der Waals surface area (Å²) in [6.45, 7) is 3.14. The van der Waals surface area contributed by atoms with Gasteiger partial charge in [-0.05, 0) is 87.5 Å². The van der Waals surface area contributed by atoms with E-state index in [0.717, 1.165) is 37.0 Å². The monoisotopic (exact) mass is 413 g/mol. The molecule has 6 nitrogen and oxygen atoms in total. The maximum absolute atomic E-state index is 12.7. The van der Waals surface area contributed by atoms with E-state index in [9.17, 15) is 14.4 Å². The van der Waals surface area contributed by atoms with Crippen molar-refractivity contribution in [1.29, 1.82) is 0 Å². The minimum atomic E-state index is -0.848. The molecule has 0 saturated heterocycles. The van der Waals surface area contributed by atoms with Gasteiger partial charge in [0, 0.05) is 17.5 Å². The number of hydrogen-bond donors (Lipinski definition) is 1. The number of amides is 1. The van der Waals surface area contributed by atoms with Crippen LogP contribution in [0.15, 0.2) is 24.3 Å². The molecule has 30 heavy (non-hydrogen) atoms. The highest BCUT2D eigenvalue weighted by atomic mass is 16.6. The molecule has 162 valence electrons. The summed E-state index contributed by atoms with van der Waals surface area (Å²) in [5.41, 5.74) is 0.517. The zero-order valence-corrected chi connectivity index (χ0v) is 17.8. The summed E-state index contributed by atoms with van der Waals surface area (Å²) in [6, 6.07) is 6.65. The van der Waals surface area contributed by atoms with E-state index in [1.807, 2.05) is 6.92 Å². The summed E-state index contributed by atoms with van der Waals surface area (Å²) in [6.07, 6.45) is 6.70. The van der Waals surface area contributed by atoms with Crippen molar-refractivity contribution < 1.29 is 23.9 Å². The van der Waals surface area contributed by atoms with Crippen LogP contribution in [0.4, 0.5) is 0 Å². The van der Waals surface area contributed by atoms with Gasteiger partial charge in [-0.1, -0.05) is 6.92 Å². The van der Waals surface area contributed by atoms with Crippen molar-refractivity contribution in [2.24, 2.45) is 17.8 Å². The number of ether oxygens (including phenoxy) is 2. The van der Waals surface area contributed by atoms with Gasteiger partial charge in [-0.15, -0.1) is 0 Å². The Bertz CT molecular complexity index is 780. The third kappa shape index (κ3) is 4.52. The smallest absolute Gasteiger partial charge is 0.344 e. The van der Waals surface area contributed by atoms with E-state index in [1.165, 1.54) is 19.3 Å². The van der Waals surface area contributed by atoms with E-state index in [-0.39, 0.29) is 23.8 Å². The first-order valence-electron chi connectivity index (χ1n) is 11.1. The van der Waals surface area contributed by atoms with E-state index < -0.39 is 12.1 Å². The highest BCUT2D eigenvalue weighted by Crippen LogP contribution is 2.55. The van der Waals surface area contributed by atoms with Gasteiger partial charge < -0.3 is 14.8 Å². The fourth-order valence-corrected chi connectivity index (χ4v) is 5.99. The Morgan fingerprint density at radius 2 is 1.60 bits per heavy atom. The second-order valence-corrected chi connectivity index (χ2v) is 9.41. The number of Topliss-reactive ketones (excluding diaryl/α,β-unsaturated/α-hetero) is 1. The van der Waals surface area contributed by atoms with Crippen LogP contribution in [-0.4, -0.2) is 35.9 Å². The average Bonchev–Trinajstić information content (AvgIpc) is 2.70. The first kappa shape index (κ1) is 20.9. The van der Waals surface area contributed by atoms with Gasteiger partial charge in [0.1, 0.15) is 5.75 Å². The molecule has 4 aliphatic carbocycles. The fraction of sp³-hybridized carbons (Fsp3) is 0.625. The maximum Gasteiger partial charge on any atom is 0.344 e. The lowest BCUT2D eigenvalue weighted by molar-refractivity contribution is -0.158. The molecule has 4 aliphatic rings. The minimum absolute atomic E-state index is 0.0554. The average molecular weight is 414 g/mol. The maximum atomic E-state index is 12.7. The standard InChI is InChI=1S/C24H31NO5/c1-3-21(26)19-4-6-20(7-5-19)29-14-22(27)30-15(2)23(28)25-24-11-16-8-17(12-24)10-18(9-16)13-24/h4-7,15-18H,3,8-14H2,1-2H3,(H,25,28)/t15-,16?,17?,18?,24?/m1/s1. The summed E-state index contributed by atoms with van der Waals surface area (Å²) in [4.78, 5) is 36.5.